The van der Waals surface area contributed by atoms with E-state index in [4.69, 9.17) is 17.3 Å². The molecule has 0 unspecified atom stereocenters. The lowest BCUT2D eigenvalue weighted by Gasteiger charge is -2.10. The third-order valence-corrected chi connectivity index (χ3v) is 6.86. The summed E-state index contributed by atoms with van der Waals surface area (Å²) in [5, 5.41) is 0. The van der Waals surface area contributed by atoms with Gasteiger partial charge in [-0.05, 0) is 56.1 Å². The van der Waals surface area contributed by atoms with Gasteiger partial charge in [-0.3, -0.25) is 0 Å². The lowest BCUT2D eigenvalue weighted by molar-refractivity contribution is 0.581. The van der Waals surface area contributed by atoms with Crippen LogP contribution in [0.1, 0.15) is 4.88 Å². The number of rotatable bonds is 4. The third-order valence-electron chi connectivity index (χ3n) is 2.35. The largest absolute Gasteiger partial charge is 0.399 e. The molecule has 0 saturated carbocycles. The number of hydrogen-bond donors (Lipinski definition) is 2. The van der Waals surface area contributed by atoms with Crippen molar-refractivity contribution < 1.29 is 8.42 Å². The Morgan fingerprint density at radius 2 is 1.85 bits per heavy atom. The van der Waals surface area contributed by atoms with Crippen LogP contribution in [0.4, 0.5) is 5.69 Å². The summed E-state index contributed by atoms with van der Waals surface area (Å²) < 4.78 is 28.6. The minimum Gasteiger partial charge on any atom is -0.399 e. The van der Waals surface area contributed by atoms with Gasteiger partial charge in [-0.2, -0.15) is 0 Å². The lowest BCUT2D eigenvalue weighted by atomic mass is 10.3. The van der Waals surface area contributed by atoms with Gasteiger partial charge in [0.15, 0.2) is 0 Å². The van der Waals surface area contributed by atoms with Gasteiger partial charge in [0.2, 0.25) is 10.0 Å². The van der Waals surface area contributed by atoms with E-state index in [0.717, 1.165) is 4.88 Å². The Balaban J connectivity index is 2.27. The van der Waals surface area contributed by atoms with Crippen molar-refractivity contribution >= 4 is 70.5 Å². The highest BCUT2D eigenvalue weighted by molar-refractivity contribution is 9.11. The Morgan fingerprint density at radius 1 is 1.25 bits per heavy atom. The molecule has 0 spiro atoms. The maximum atomic E-state index is 12.3. The fraction of sp³-hybridized carbons (Fsp3) is 0.0909. The minimum atomic E-state index is -3.66. The van der Waals surface area contributed by atoms with Crippen molar-refractivity contribution in [1.29, 1.82) is 0 Å². The monoisotopic (exact) mass is 458 g/mol. The fourth-order valence-electron chi connectivity index (χ4n) is 1.52. The van der Waals surface area contributed by atoms with Gasteiger partial charge in [-0.15, -0.1) is 11.3 Å². The highest BCUT2D eigenvalue weighted by Gasteiger charge is 2.21. The van der Waals surface area contributed by atoms with Crippen LogP contribution >= 0.6 is 54.8 Å². The molecule has 1 aromatic carbocycles. The van der Waals surface area contributed by atoms with Crippen LogP contribution in [-0.2, 0) is 16.6 Å². The van der Waals surface area contributed by atoms with Gasteiger partial charge in [-0.1, -0.05) is 11.6 Å². The van der Waals surface area contributed by atoms with Crippen LogP contribution in [-0.4, -0.2) is 8.42 Å². The van der Waals surface area contributed by atoms with Crippen molar-refractivity contribution in [2.45, 2.75) is 11.4 Å². The SMILES string of the molecule is Nc1cc(Br)c(S(=O)(=O)NCc2ccc(Cl)s2)c(Br)c1. The molecule has 1 aromatic heterocycles. The summed E-state index contributed by atoms with van der Waals surface area (Å²) in [6.45, 7) is 0.184. The van der Waals surface area contributed by atoms with E-state index in [-0.39, 0.29) is 11.4 Å². The molecule has 4 nitrogen and oxygen atoms in total. The van der Waals surface area contributed by atoms with Gasteiger partial charge < -0.3 is 5.73 Å². The lowest BCUT2D eigenvalue weighted by Crippen LogP contribution is -2.23. The standard InChI is InChI=1S/C11H9Br2ClN2O2S2/c12-8-3-6(15)4-9(13)11(8)20(17,18)16-5-7-1-2-10(14)19-7/h1-4,16H,5,15H2. The van der Waals surface area contributed by atoms with E-state index in [1.807, 2.05) is 0 Å². The van der Waals surface area contributed by atoms with Crippen LogP contribution in [0.5, 0.6) is 0 Å². The number of sulfonamides is 1. The first kappa shape index (κ1) is 16.3. The van der Waals surface area contributed by atoms with E-state index in [0.29, 0.717) is 19.0 Å². The third kappa shape index (κ3) is 3.75. The number of nitrogens with two attached hydrogens (primary N) is 1. The summed E-state index contributed by atoms with van der Waals surface area (Å²) in [6, 6.07) is 6.59. The van der Waals surface area contributed by atoms with Crippen molar-refractivity contribution in [3.63, 3.8) is 0 Å². The summed E-state index contributed by atoms with van der Waals surface area (Å²) >= 11 is 13.6. The molecule has 0 atom stereocenters. The zero-order chi connectivity index (χ0) is 14.9. The normalized spacial score (nSPS) is 11.8. The summed E-state index contributed by atoms with van der Waals surface area (Å²) in [4.78, 5) is 0.954. The first-order valence-corrected chi connectivity index (χ1v) is 9.54. The summed E-state index contributed by atoms with van der Waals surface area (Å²) in [5.74, 6) is 0. The zero-order valence-corrected chi connectivity index (χ0v) is 15.4. The molecule has 0 aliphatic rings. The Kier molecular flexibility index (Phi) is 5.14. The number of anilines is 1. The molecule has 0 bridgehead atoms. The van der Waals surface area contributed by atoms with Crippen LogP contribution < -0.4 is 10.5 Å². The van der Waals surface area contributed by atoms with Gasteiger partial charge in [0.25, 0.3) is 0 Å². The molecule has 3 N–H and O–H groups in total. The van der Waals surface area contributed by atoms with E-state index in [1.165, 1.54) is 11.3 Å². The molecule has 0 aliphatic heterocycles. The Morgan fingerprint density at radius 3 is 2.35 bits per heavy atom. The minimum absolute atomic E-state index is 0.120. The second-order valence-corrected chi connectivity index (χ2v) is 9.06. The number of nitrogen functional groups attached to an aromatic ring is 1. The van der Waals surface area contributed by atoms with Crippen molar-refractivity contribution in [3.05, 3.63) is 42.4 Å². The molecule has 0 saturated heterocycles. The molecule has 0 radical (unpaired) electrons. The van der Waals surface area contributed by atoms with E-state index in [9.17, 15) is 8.42 Å². The average Bonchev–Trinajstić information content (AvgIpc) is 2.71. The van der Waals surface area contributed by atoms with E-state index >= 15 is 0 Å². The summed E-state index contributed by atoms with van der Waals surface area (Å²) in [6.07, 6.45) is 0. The van der Waals surface area contributed by atoms with Gasteiger partial charge >= 0.3 is 0 Å². The van der Waals surface area contributed by atoms with Crippen molar-refractivity contribution in [1.82, 2.24) is 4.72 Å². The van der Waals surface area contributed by atoms with Crippen LogP contribution in [0.25, 0.3) is 0 Å². The number of nitrogens with one attached hydrogen (secondary N) is 1. The van der Waals surface area contributed by atoms with Gasteiger partial charge in [0.05, 0.1) is 4.34 Å². The highest BCUT2D eigenvalue weighted by Crippen LogP contribution is 2.32. The number of benzene rings is 1. The number of thiophene rings is 1. The summed E-state index contributed by atoms with van der Waals surface area (Å²) in [7, 11) is -3.66. The molecule has 9 heteroatoms. The maximum absolute atomic E-state index is 12.3. The van der Waals surface area contributed by atoms with E-state index in [1.54, 1.807) is 24.3 Å². The molecular weight excluding hydrogens is 452 g/mol. The molecule has 1 heterocycles. The highest BCUT2D eigenvalue weighted by atomic mass is 79.9. The topological polar surface area (TPSA) is 72.2 Å². The van der Waals surface area contributed by atoms with E-state index < -0.39 is 10.0 Å². The van der Waals surface area contributed by atoms with Crippen LogP contribution in [0.2, 0.25) is 4.34 Å². The van der Waals surface area contributed by atoms with E-state index in [2.05, 4.69) is 36.6 Å². The van der Waals surface area contributed by atoms with Crippen LogP contribution in [0.15, 0.2) is 38.1 Å². The van der Waals surface area contributed by atoms with Gasteiger partial charge in [-0.25, -0.2) is 13.1 Å². The zero-order valence-electron chi connectivity index (χ0n) is 9.86. The number of hydrogen-bond acceptors (Lipinski definition) is 4. The molecule has 2 rings (SSSR count). The van der Waals surface area contributed by atoms with Gasteiger partial charge in [0, 0.05) is 26.1 Å². The maximum Gasteiger partial charge on any atom is 0.243 e. The molecular formula is C11H9Br2ClN2O2S2. The Bertz CT molecular complexity index is 724. The second kappa shape index (κ2) is 6.33. The second-order valence-electron chi connectivity index (χ2n) is 3.84. The average molecular weight is 461 g/mol. The first-order chi connectivity index (χ1) is 9.29. The Labute approximate surface area is 142 Å². The van der Waals surface area contributed by atoms with Crippen molar-refractivity contribution in [2.75, 3.05) is 5.73 Å². The molecule has 20 heavy (non-hydrogen) atoms. The first-order valence-electron chi connectivity index (χ1n) is 5.28. The fourth-order valence-corrected chi connectivity index (χ4v) is 6.26. The van der Waals surface area contributed by atoms with Gasteiger partial charge in [0.1, 0.15) is 4.90 Å². The van der Waals surface area contributed by atoms with Crippen LogP contribution in [0.3, 0.4) is 0 Å². The summed E-state index contributed by atoms with van der Waals surface area (Å²) in [5.41, 5.74) is 6.12. The quantitative estimate of drug-likeness (QED) is 0.678. The molecule has 0 aliphatic carbocycles. The molecule has 108 valence electrons. The van der Waals surface area contributed by atoms with Crippen molar-refractivity contribution in [2.24, 2.45) is 0 Å². The Hall–Kier alpha value is -0.120. The molecule has 0 amide bonds. The smallest absolute Gasteiger partial charge is 0.243 e. The number of halogens is 3. The molecule has 2 aromatic rings. The molecule has 0 fully saturated rings. The predicted molar refractivity (Wildman–Crippen MR) is 89.6 cm³/mol. The van der Waals surface area contributed by atoms with Crippen LogP contribution in [0, 0.1) is 0 Å². The predicted octanol–water partition coefficient (Wildman–Crippen LogP) is 3.99. The van der Waals surface area contributed by atoms with Crippen molar-refractivity contribution in [3.8, 4) is 0 Å².